The predicted molar refractivity (Wildman–Crippen MR) is 151 cm³/mol. The Morgan fingerprint density at radius 3 is 2.39 bits per heavy atom. The molecule has 2 atom stereocenters. The lowest BCUT2D eigenvalue weighted by Gasteiger charge is -2.41. The van der Waals surface area contributed by atoms with E-state index in [2.05, 4.69) is 10.3 Å². The molecule has 0 spiro atoms. The molecule has 1 saturated heterocycles. The molecule has 0 aromatic heterocycles. The van der Waals surface area contributed by atoms with Crippen LogP contribution in [0.5, 0.6) is 5.75 Å². The molecular weight excluding hydrogens is 525 g/mol. The number of Topliss-reactive ketones (excluding diaryl/α,β-unsaturated/α-hetero) is 1. The van der Waals surface area contributed by atoms with Crippen molar-refractivity contribution in [3.63, 3.8) is 0 Å². The maximum atomic E-state index is 13.9. The predicted octanol–water partition coefficient (Wildman–Crippen LogP) is 6.57. The number of halogens is 2. The normalized spacial score (nSPS) is 18.3. The molecule has 204 valence electrons. The van der Waals surface area contributed by atoms with Crippen LogP contribution in [-0.2, 0) is 9.53 Å². The Morgan fingerprint density at radius 1 is 1.03 bits per heavy atom. The van der Waals surface area contributed by atoms with Crippen LogP contribution in [0.2, 0.25) is 10.0 Å². The molecule has 0 saturated carbocycles. The molecule has 7 nitrogen and oxygen atoms in total. The maximum Gasteiger partial charge on any atom is 0.266 e. The lowest BCUT2D eigenvalue weighted by molar-refractivity contribution is -0.148. The second-order valence-corrected chi connectivity index (χ2v) is 10.4. The summed E-state index contributed by atoms with van der Waals surface area (Å²) < 4.78 is 11.1. The van der Waals surface area contributed by atoms with E-state index in [0.717, 1.165) is 25.9 Å². The van der Waals surface area contributed by atoms with E-state index in [1.54, 1.807) is 49.4 Å². The van der Waals surface area contributed by atoms with Crippen molar-refractivity contribution in [3.8, 4) is 5.75 Å². The summed E-state index contributed by atoms with van der Waals surface area (Å²) in [4.78, 5) is 27.6. The van der Waals surface area contributed by atoms with E-state index in [1.165, 1.54) is 6.42 Å². The lowest BCUT2D eigenvalue weighted by Crippen LogP contribution is -2.53. The van der Waals surface area contributed by atoms with Gasteiger partial charge in [-0.3, -0.25) is 14.6 Å². The van der Waals surface area contributed by atoms with Crippen molar-refractivity contribution >= 4 is 40.6 Å². The number of hydrogen-bond donors (Lipinski definition) is 1. The van der Waals surface area contributed by atoms with Crippen LogP contribution in [0.3, 0.4) is 0 Å². The van der Waals surface area contributed by atoms with Crippen LogP contribution in [0.25, 0.3) is 0 Å². The average molecular weight is 561 g/mol. The van der Waals surface area contributed by atoms with E-state index in [-0.39, 0.29) is 18.0 Å². The molecule has 2 unspecified atom stereocenters. The summed E-state index contributed by atoms with van der Waals surface area (Å²) in [6, 6.07) is 12.1. The number of rotatable bonds is 10. The summed E-state index contributed by atoms with van der Waals surface area (Å²) in [5, 5.41) is 8.27. The number of hydrazine groups is 1. The molecule has 0 aliphatic carbocycles. The largest absolute Gasteiger partial charge is 0.465 e. The smallest absolute Gasteiger partial charge is 0.266 e. The minimum atomic E-state index is -0.669. The lowest BCUT2D eigenvalue weighted by atomic mass is 9.87. The van der Waals surface area contributed by atoms with Crippen molar-refractivity contribution in [2.24, 2.45) is 5.92 Å². The van der Waals surface area contributed by atoms with E-state index in [0.29, 0.717) is 57.9 Å². The van der Waals surface area contributed by atoms with E-state index >= 15 is 0 Å². The van der Waals surface area contributed by atoms with Gasteiger partial charge in [0.2, 0.25) is 0 Å². The number of ether oxygens (including phenoxy) is 2. The molecule has 2 heterocycles. The topological polar surface area (TPSA) is 71.1 Å². The standard InChI is InChI=1S/C29H35Cl2N3O4/c1-4-37-20(3)38-23-11-8-21(9-12-23)28(35)19(2)27-26(32-25-13-10-22(30)18-24(25)31)14-17-34(29(27)36)33-15-6-5-7-16-33/h8-13,18-20,32H,4-7,14-17H2,1-3H3. The van der Waals surface area contributed by atoms with Crippen molar-refractivity contribution < 1.29 is 19.1 Å². The van der Waals surface area contributed by atoms with E-state index in [1.807, 2.05) is 18.9 Å². The fourth-order valence-corrected chi connectivity index (χ4v) is 5.44. The van der Waals surface area contributed by atoms with Crippen molar-refractivity contribution in [2.45, 2.75) is 52.7 Å². The number of carbonyl (C=O) groups is 2. The first-order chi connectivity index (χ1) is 18.3. The van der Waals surface area contributed by atoms with Gasteiger partial charge >= 0.3 is 0 Å². The van der Waals surface area contributed by atoms with Gasteiger partial charge in [-0.05, 0) is 69.2 Å². The molecule has 38 heavy (non-hydrogen) atoms. The van der Waals surface area contributed by atoms with E-state index in [9.17, 15) is 9.59 Å². The molecule has 0 bridgehead atoms. The number of ketones is 1. The van der Waals surface area contributed by atoms with Gasteiger partial charge in [-0.1, -0.05) is 36.5 Å². The van der Waals surface area contributed by atoms with Gasteiger partial charge in [0.15, 0.2) is 12.1 Å². The van der Waals surface area contributed by atoms with Gasteiger partial charge in [-0.2, -0.15) is 0 Å². The zero-order chi connectivity index (χ0) is 27.2. The van der Waals surface area contributed by atoms with Crippen LogP contribution in [0.4, 0.5) is 5.69 Å². The number of nitrogens with one attached hydrogen (secondary N) is 1. The van der Waals surface area contributed by atoms with Gasteiger partial charge in [0.1, 0.15) is 5.75 Å². The summed E-state index contributed by atoms with van der Waals surface area (Å²) in [5.41, 5.74) is 2.32. The van der Waals surface area contributed by atoms with Crippen LogP contribution in [-0.4, -0.2) is 54.2 Å². The Labute approximate surface area is 234 Å². The van der Waals surface area contributed by atoms with Gasteiger partial charge in [-0.25, -0.2) is 5.01 Å². The first kappa shape index (κ1) is 28.4. The molecular formula is C29H35Cl2N3O4. The highest BCUT2D eigenvalue weighted by Crippen LogP contribution is 2.33. The number of hydrogen-bond acceptors (Lipinski definition) is 6. The monoisotopic (exact) mass is 559 g/mol. The third-order valence-electron chi connectivity index (χ3n) is 6.92. The number of benzene rings is 2. The highest BCUT2D eigenvalue weighted by Gasteiger charge is 2.37. The summed E-state index contributed by atoms with van der Waals surface area (Å²) in [6.07, 6.45) is 3.47. The SMILES string of the molecule is CCOC(C)Oc1ccc(C(=O)C(C)C2=C(Nc3ccc(Cl)cc3Cl)CCN(N3CCCCC3)C2=O)cc1. The molecule has 2 aliphatic rings. The van der Waals surface area contributed by atoms with Crippen LogP contribution >= 0.6 is 23.2 Å². The second-order valence-electron chi connectivity index (χ2n) is 9.59. The number of anilines is 1. The van der Waals surface area contributed by atoms with Crippen molar-refractivity contribution in [1.82, 2.24) is 10.0 Å². The van der Waals surface area contributed by atoms with Crippen LogP contribution in [0, 0.1) is 5.92 Å². The Hall–Kier alpha value is -2.58. The minimum Gasteiger partial charge on any atom is -0.465 e. The summed E-state index contributed by atoms with van der Waals surface area (Å²) >= 11 is 12.5. The number of piperidine rings is 1. The zero-order valence-corrected chi connectivity index (χ0v) is 23.6. The highest BCUT2D eigenvalue weighted by molar-refractivity contribution is 6.36. The third kappa shape index (κ3) is 6.70. The Balaban J connectivity index is 1.62. The number of amides is 1. The Bertz CT molecular complexity index is 1180. The molecule has 4 rings (SSSR count). The fraction of sp³-hybridized carbons (Fsp3) is 0.448. The third-order valence-corrected chi connectivity index (χ3v) is 7.47. The average Bonchev–Trinajstić information content (AvgIpc) is 2.91. The van der Waals surface area contributed by atoms with Gasteiger partial charge in [0, 0.05) is 54.5 Å². The summed E-state index contributed by atoms with van der Waals surface area (Å²) in [7, 11) is 0. The summed E-state index contributed by atoms with van der Waals surface area (Å²) in [6.45, 7) is 8.29. The molecule has 1 fully saturated rings. The highest BCUT2D eigenvalue weighted by atomic mass is 35.5. The van der Waals surface area contributed by atoms with Crippen LogP contribution in [0.15, 0.2) is 53.7 Å². The molecule has 1 amide bonds. The van der Waals surface area contributed by atoms with Crippen LogP contribution in [0.1, 0.15) is 56.8 Å². The Morgan fingerprint density at radius 2 is 1.74 bits per heavy atom. The second kappa shape index (κ2) is 13.0. The molecule has 1 N–H and O–H groups in total. The fourth-order valence-electron chi connectivity index (χ4n) is 4.98. The van der Waals surface area contributed by atoms with Gasteiger partial charge in [0.05, 0.1) is 16.6 Å². The quantitative estimate of drug-likeness (QED) is 0.262. The minimum absolute atomic E-state index is 0.139. The van der Waals surface area contributed by atoms with Gasteiger partial charge < -0.3 is 14.8 Å². The van der Waals surface area contributed by atoms with Gasteiger partial charge in [0.25, 0.3) is 5.91 Å². The van der Waals surface area contributed by atoms with Crippen molar-refractivity contribution in [3.05, 3.63) is 69.3 Å². The number of carbonyl (C=O) groups excluding carboxylic acids is 2. The maximum absolute atomic E-state index is 13.9. The van der Waals surface area contributed by atoms with E-state index < -0.39 is 5.92 Å². The Kier molecular flexibility index (Phi) is 9.71. The molecule has 0 radical (unpaired) electrons. The molecule has 2 aromatic rings. The number of nitrogens with zero attached hydrogens (tertiary/aromatic N) is 2. The first-order valence-electron chi connectivity index (χ1n) is 13.2. The van der Waals surface area contributed by atoms with E-state index in [4.69, 9.17) is 32.7 Å². The molecule has 9 heteroatoms. The zero-order valence-electron chi connectivity index (χ0n) is 22.1. The van der Waals surface area contributed by atoms with Crippen molar-refractivity contribution in [1.29, 1.82) is 0 Å². The van der Waals surface area contributed by atoms with Crippen molar-refractivity contribution in [2.75, 3.05) is 31.6 Å². The summed E-state index contributed by atoms with van der Waals surface area (Å²) in [5.74, 6) is -0.339. The van der Waals surface area contributed by atoms with Gasteiger partial charge in [-0.15, -0.1) is 0 Å². The molecule has 2 aliphatic heterocycles. The van der Waals surface area contributed by atoms with Crippen LogP contribution < -0.4 is 10.1 Å². The first-order valence-corrected chi connectivity index (χ1v) is 14.0. The molecule has 2 aromatic carbocycles.